The van der Waals surface area contributed by atoms with Crippen molar-refractivity contribution in [3.63, 3.8) is 0 Å². The standard InChI is InChI=1S/C15H20ClN5O4.C2H6/c16-4-9-11(23)12(24)15(25-9)21-6-19-10-13(17-5-18-14(10)21)20-7-2-1-3-8(7)22;1-2/h5-9,11-12,15,22-24H,1-4H2,(H,17,18,20);1-2H3/t7?,8?,9-,11-,12-,15-;/m1./s1. The van der Waals surface area contributed by atoms with Gasteiger partial charge < -0.3 is 25.4 Å². The van der Waals surface area contributed by atoms with E-state index in [9.17, 15) is 15.3 Å². The molecule has 3 heterocycles. The van der Waals surface area contributed by atoms with Gasteiger partial charge in [0.05, 0.1) is 24.4 Å². The van der Waals surface area contributed by atoms with Gasteiger partial charge in [-0.2, -0.15) is 0 Å². The molecule has 2 fully saturated rings. The van der Waals surface area contributed by atoms with Gasteiger partial charge in [-0.1, -0.05) is 13.8 Å². The normalized spacial score (nSPS) is 33.1. The lowest BCUT2D eigenvalue weighted by Crippen LogP contribution is -2.32. The molecule has 4 rings (SSSR count). The Balaban J connectivity index is 0.00000102. The third-order valence-corrected chi connectivity index (χ3v) is 5.23. The highest BCUT2D eigenvalue weighted by Crippen LogP contribution is 2.33. The molecule has 10 heteroatoms. The number of nitrogens with zero attached hydrogens (tertiary/aromatic N) is 4. The number of alkyl halides is 1. The first-order valence-corrected chi connectivity index (χ1v) is 9.83. The molecule has 1 aliphatic heterocycles. The zero-order valence-electron chi connectivity index (χ0n) is 15.4. The molecule has 1 saturated heterocycles. The van der Waals surface area contributed by atoms with Crippen molar-refractivity contribution < 1.29 is 20.1 Å². The van der Waals surface area contributed by atoms with Crippen LogP contribution in [0.2, 0.25) is 0 Å². The quantitative estimate of drug-likeness (QED) is 0.562. The van der Waals surface area contributed by atoms with Gasteiger partial charge in [-0.3, -0.25) is 4.57 Å². The Morgan fingerprint density at radius 1 is 1.19 bits per heavy atom. The van der Waals surface area contributed by atoms with Gasteiger partial charge in [0, 0.05) is 0 Å². The molecular formula is C17H26ClN5O4. The van der Waals surface area contributed by atoms with Crippen LogP contribution in [0, 0.1) is 0 Å². The van der Waals surface area contributed by atoms with Crippen molar-refractivity contribution in [1.29, 1.82) is 0 Å². The summed E-state index contributed by atoms with van der Waals surface area (Å²) in [6, 6.07) is -0.0704. The number of aliphatic hydroxyl groups excluding tert-OH is 3. The number of imidazole rings is 1. The topological polar surface area (TPSA) is 126 Å². The summed E-state index contributed by atoms with van der Waals surface area (Å²) in [5.74, 6) is 0.597. The van der Waals surface area contributed by atoms with Crippen molar-refractivity contribution >= 4 is 28.6 Å². The molecule has 0 spiro atoms. The van der Waals surface area contributed by atoms with Gasteiger partial charge in [0.25, 0.3) is 0 Å². The zero-order chi connectivity index (χ0) is 19.6. The van der Waals surface area contributed by atoms with Crippen molar-refractivity contribution in [3.05, 3.63) is 12.7 Å². The van der Waals surface area contributed by atoms with E-state index < -0.39 is 30.6 Å². The molecule has 27 heavy (non-hydrogen) atoms. The van der Waals surface area contributed by atoms with Crippen molar-refractivity contribution in [2.75, 3.05) is 11.2 Å². The van der Waals surface area contributed by atoms with Crippen LogP contribution in [0.3, 0.4) is 0 Å². The Labute approximate surface area is 162 Å². The van der Waals surface area contributed by atoms with Crippen LogP contribution < -0.4 is 5.32 Å². The first-order valence-electron chi connectivity index (χ1n) is 9.30. The summed E-state index contributed by atoms with van der Waals surface area (Å²) in [6.45, 7) is 4.00. The largest absolute Gasteiger partial charge is 0.391 e. The number of anilines is 1. The van der Waals surface area contributed by atoms with E-state index >= 15 is 0 Å². The fourth-order valence-electron chi connectivity index (χ4n) is 3.51. The summed E-state index contributed by atoms with van der Waals surface area (Å²) in [4.78, 5) is 12.8. The van der Waals surface area contributed by atoms with Crippen LogP contribution >= 0.6 is 11.6 Å². The molecule has 1 saturated carbocycles. The Kier molecular flexibility index (Phi) is 6.48. The highest BCUT2D eigenvalue weighted by molar-refractivity contribution is 6.18. The second kappa shape index (κ2) is 8.66. The number of aromatic nitrogens is 4. The molecule has 0 bridgehead atoms. The molecule has 4 N–H and O–H groups in total. The lowest BCUT2D eigenvalue weighted by Gasteiger charge is -2.18. The summed E-state index contributed by atoms with van der Waals surface area (Å²) in [5, 5.41) is 33.5. The molecule has 9 nitrogen and oxygen atoms in total. The first-order chi connectivity index (χ1) is 13.1. The van der Waals surface area contributed by atoms with Crippen LogP contribution in [0.25, 0.3) is 11.2 Å². The monoisotopic (exact) mass is 399 g/mol. The van der Waals surface area contributed by atoms with E-state index in [0.717, 1.165) is 19.3 Å². The van der Waals surface area contributed by atoms with Crippen LogP contribution in [0.15, 0.2) is 12.7 Å². The van der Waals surface area contributed by atoms with E-state index in [2.05, 4.69) is 20.3 Å². The molecule has 0 radical (unpaired) electrons. The average Bonchev–Trinajstić information content (AvgIpc) is 3.37. The SMILES string of the molecule is CC.OC1CCCC1Nc1ncnc2c1ncn2[C@@H]1O[C@H](CCl)[C@@H](O)[C@H]1O. The molecule has 6 atom stereocenters. The maximum Gasteiger partial charge on any atom is 0.167 e. The minimum absolute atomic E-state index is 0.0704. The van der Waals surface area contributed by atoms with Crippen LogP contribution in [0.5, 0.6) is 0 Å². The first kappa shape index (κ1) is 20.2. The second-order valence-corrected chi connectivity index (χ2v) is 6.80. The highest BCUT2D eigenvalue weighted by atomic mass is 35.5. The van der Waals surface area contributed by atoms with Gasteiger partial charge in [0.15, 0.2) is 23.2 Å². The minimum atomic E-state index is -1.14. The lowest BCUT2D eigenvalue weighted by molar-refractivity contribution is -0.0291. The average molecular weight is 400 g/mol. The van der Waals surface area contributed by atoms with Gasteiger partial charge in [0.1, 0.15) is 24.6 Å². The number of hydrogen-bond donors (Lipinski definition) is 4. The van der Waals surface area contributed by atoms with E-state index in [0.29, 0.717) is 17.0 Å². The van der Waals surface area contributed by atoms with Crippen LogP contribution in [0.4, 0.5) is 5.82 Å². The molecule has 2 aliphatic rings. The number of nitrogens with one attached hydrogen (secondary N) is 1. The highest BCUT2D eigenvalue weighted by Gasteiger charge is 2.44. The van der Waals surface area contributed by atoms with Crippen LogP contribution in [-0.4, -0.2) is 71.2 Å². The van der Waals surface area contributed by atoms with E-state index in [1.54, 1.807) is 4.57 Å². The zero-order valence-corrected chi connectivity index (χ0v) is 16.1. The minimum Gasteiger partial charge on any atom is -0.391 e. The number of fused-ring (bicyclic) bond motifs is 1. The fraction of sp³-hybridized carbons (Fsp3) is 0.706. The lowest BCUT2D eigenvalue weighted by atomic mass is 10.1. The second-order valence-electron chi connectivity index (χ2n) is 6.50. The molecule has 2 unspecified atom stereocenters. The Morgan fingerprint density at radius 3 is 2.59 bits per heavy atom. The van der Waals surface area contributed by atoms with Crippen LogP contribution in [0.1, 0.15) is 39.3 Å². The summed E-state index contributed by atoms with van der Waals surface area (Å²) in [5.41, 5.74) is 0.984. The van der Waals surface area contributed by atoms with Crippen LogP contribution in [-0.2, 0) is 4.74 Å². The predicted octanol–water partition coefficient (Wildman–Crippen LogP) is 1.04. The molecule has 2 aromatic heterocycles. The smallest absolute Gasteiger partial charge is 0.167 e. The van der Waals surface area contributed by atoms with E-state index in [-0.39, 0.29) is 11.9 Å². The molecule has 0 aromatic carbocycles. The Hall–Kier alpha value is -1.52. The molecule has 0 amide bonds. The van der Waals surface area contributed by atoms with E-state index in [4.69, 9.17) is 16.3 Å². The Morgan fingerprint density at radius 2 is 1.96 bits per heavy atom. The number of halogens is 1. The maximum atomic E-state index is 10.2. The van der Waals surface area contributed by atoms with E-state index in [1.165, 1.54) is 12.7 Å². The third-order valence-electron chi connectivity index (χ3n) is 4.92. The van der Waals surface area contributed by atoms with Gasteiger partial charge in [0.2, 0.25) is 0 Å². The number of ether oxygens (including phenoxy) is 1. The molecular weight excluding hydrogens is 374 g/mol. The summed E-state index contributed by atoms with van der Waals surface area (Å²) in [6.07, 6.45) is 1.36. The predicted molar refractivity (Wildman–Crippen MR) is 101 cm³/mol. The summed E-state index contributed by atoms with van der Waals surface area (Å²) in [7, 11) is 0. The molecule has 150 valence electrons. The summed E-state index contributed by atoms with van der Waals surface area (Å²) >= 11 is 5.77. The number of aliphatic hydroxyl groups is 3. The fourth-order valence-corrected chi connectivity index (χ4v) is 3.77. The van der Waals surface area contributed by atoms with Crippen molar-refractivity contribution in [3.8, 4) is 0 Å². The maximum absolute atomic E-state index is 10.2. The number of rotatable bonds is 4. The van der Waals surface area contributed by atoms with Gasteiger partial charge in [-0.05, 0) is 19.3 Å². The van der Waals surface area contributed by atoms with Gasteiger partial charge in [-0.15, -0.1) is 11.6 Å². The molecule has 1 aliphatic carbocycles. The third kappa shape index (κ3) is 3.74. The van der Waals surface area contributed by atoms with Crippen molar-refractivity contribution in [2.24, 2.45) is 0 Å². The van der Waals surface area contributed by atoms with Gasteiger partial charge >= 0.3 is 0 Å². The Bertz CT molecular complexity index is 760. The van der Waals surface area contributed by atoms with Gasteiger partial charge in [-0.25, -0.2) is 15.0 Å². The summed E-state index contributed by atoms with van der Waals surface area (Å²) < 4.78 is 7.21. The van der Waals surface area contributed by atoms with Crippen molar-refractivity contribution in [1.82, 2.24) is 19.5 Å². The number of hydrogen-bond acceptors (Lipinski definition) is 8. The molecule has 2 aromatic rings. The van der Waals surface area contributed by atoms with Crippen molar-refractivity contribution in [2.45, 2.75) is 69.8 Å². The van der Waals surface area contributed by atoms with E-state index in [1.807, 2.05) is 13.8 Å².